The minimum Gasteiger partial charge on any atom is -0.484 e. The Morgan fingerprint density at radius 2 is 1.59 bits per heavy atom. The third-order valence-corrected chi connectivity index (χ3v) is 3.51. The van der Waals surface area contributed by atoms with E-state index in [4.69, 9.17) is 9.47 Å². The topological polar surface area (TPSA) is 90.7 Å². The van der Waals surface area contributed by atoms with Crippen molar-refractivity contribution in [3.8, 4) is 17.2 Å². The van der Waals surface area contributed by atoms with E-state index < -0.39 is 4.92 Å². The summed E-state index contributed by atoms with van der Waals surface area (Å²) < 4.78 is 11.1. The van der Waals surface area contributed by atoms with Crippen LogP contribution in [-0.4, -0.2) is 17.4 Å². The van der Waals surface area contributed by atoms with E-state index in [1.165, 1.54) is 24.3 Å². The highest BCUT2D eigenvalue weighted by molar-refractivity contribution is 5.92. The van der Waals surface area contributed by atoms with Gasteiger partial charge in [0.15, 0.2) is 6.61 Å². The number of amides is 1. The van der Waals surface area contributed by atoms with Gasteiger partial charge in [0.1, 0.15) is 17.2 Å². The number of para-hydroxylation sites is 1. The van der Waals surface area contributed by atoms with Crippen molar-refractivity contribution >= 4 is 17.3 Å². The quantitative estimate of drug-likeness (QED) is 0.495. The fourth-order valence-electron chi connectivity index (χ4n) is 2.27. The second-order valence-corrected chi connectivity index (χ2v) is 5.53. The molecular formula is C20H16N2O5. The lowest BCUT2D eigenvalue weighted by Gasteiger charge is -2.10. The van der Waals surface area contributed by atoms with E-state index in [9.17, 15) is 14.9 Å². The predicted octanol–water partition coefficient (Wildman–Crippen LogP) is 4.40. The number of nitro groups is 1. The van der Waals surface area contributed by atoms with Gasteiger partial charge in [-0.05, 0) is 36.4 Å². The summed E-state index contributed by atoms with van der Waals surface area (Å²) in [5.41, 5.74) is 0.530. The molecule has 0 fully saturated rings. The lowest BCUT2D eigenvalue weighted by molar-refractivity contribution is -0.384. The minimum atomic E-state index is -0.499. The average Bonchev–Trinajstić information content (AvgIpc) is 2.68. The van der Waals surface area contributed by atoms with E-state index in [1.807, 2.05) is 30.3 Å². The molecule has 136 valence electrons. The summed E-state index contributed by atoms with van der Waals surface area (Å²) in [6, 6.07) is 21.8. The molecule has 7 nitrogen and oxygen atoms in total. The summed E-state index contributed by atoms with van der Waals surface area (Å²) >= 11 is 0. The Morgan fingerprint density at radius 3 is 2.30 bits per heavy atom. The molecule has 0 saturated heterocycles. The van der Waals surface area contributed by atoms with Gasteiger partial charge in [-0.1, -0.05) is 24.3 Å². The lowest BCUT2D eigenvalue weighted by atomic mass is 10.3. The molecule has 3 aromatic carbocycles. The highest BCUT2D eigenvalue weighted by atomic mass is 16.6. The molecule has 7 heteroatoms. The molecule has 0 atom stereocenters. The van der Waals surface area contributed by atoms with E-state index in [0.29, 0.717) is 22.9 Å². The Hall–Kier alpha value is -3.87. The first-order valence-corrected chi connectivity index (χ1v) is 8.10. The summed E-state index contributed by atoms with van der Waals surface area (Å²) in [4.78, 5) is 22.2. The van der Waals surface area contributed by atoms with Gasteiger partial charge >= 0.3 is 0 Å². The molecule has 0 unspecified atom stereocenters. The lowest BCUT2D eigenvalue weighted by Crippen LogP contribution is -2.20. The maximum atomic E-state index is 12.0. The van der Waals surface area contributed by atoms with Crippen molar-refractivity contribution in [1.82, 2.24) is 0 Å². The molecule has 0 aliphatic heterocycles. The van der Waals surface area contributed by atoms with Crippen LogP contribution in [0.5, 0.6) is 17.2 Å². The van der Waals surface area contributed by atoms with Crippen molar-refractivity contribution in [2.24, 2.45) is 0 Å². The Balaban J connectivity index is 1.54. The van der Waals surface area contributed by atoms with Crippen LogP contribution in [0.15, 0.2) is 78.9 Å². The fraction of sp³-hybridized carbons (Fsp3) is 0.0500. The van der Waals surface area contributed by atoms with Crippen LogP contribution in [-0.2, 0) is 4.79 Å². The number of benzene rings is 3. The van der Waals surface area contributed by atoms with E-state index in [0.717, 1.165) is 0 Å². The Bertz CT molecular complexity index is 927. The van der Waals surface area contributed by atoms with Crippen LogP contribution in [0.4, 0.5) is 11.4 Å². The predicted molar refractivity (Wildman–Crippen MR) is 100 cm³/mol. The summed E-state index contributed by atoms with van der Waals surface area (Å²) in [5, 5.41) is 13.3. The molecule has 0 heterocycles. The maximum absolute atomic E-state index is 12.0. The Kier molecular flexibility index (Phi) is 5.64. The molecule has 0 aliphatic carbocycles. The number of nitro benzene ring substituents is 1. The molecule has 27 heavy (non-hydrogen) atoms. The highest BCUT2D eigenvalue weighted by Gasteiger charge is 2.07. The zero-order chi connectivity index (χ0) is 19.1. The van der Waals surface area contributed by atoms with Crippen LogP contribution in [0.3, 0.4) is 0 Å². The average molecular weight is 364 g/mol. The molecule has 1 N–H and O–H groups in total. The van der Waals surface area contributed by atoms with Gasteiger partial charge in [0.2, 0.25) is 0 Å². The van der Waals surface area contributed by atoms with Crippen molar-refractivity contribution in [2.75, 3.05) is 11.9 Å². The molecule has 3 rings (SSSR count). The number of rotatable bonds is 7. The maximum Gasteiger partial charge on any atom is 0.269 e. The van der Waals surface area contributed by atoms with Gasteiger partial charge in [0.25, 0.3) is 11.6 Å². The van der Waals surface area contributed by atoms with E-state index in [2.05, 4.69) is 5.32 Å². The van der Waals surface area contributed by atoms with Crippen LogP contribution in [0.2, 0.25) is 0 Å². The van der Waals surface area contributed by atoms with E-state index >= 15 is 0 Å². The third-order valence-electron chi connectivity index (χ3n) is 3.51. The number of ether oxygens (including phenoxy) is 2. The molecule has 0 saturated carbocycles. The van der Waals surface area contributed by atoms with Crippen molar-refractivity contribution in [1.29, 1.82) is 0 Å². The first kappa shape index (κ1) is 17.9. The number of nitrogens with one attached hydrogen (secondary N) is 1. The van der Waals surface area contributed by atoms with Crippen molar-refractivity contribution < 1.29 is 19.2 Å². The largest absolute Gasteiger partial charge is 0.484 e. The molecule has 1 amide bonds. The highest BCUT2D eigenvalue weighted by Crippen LogP contribution is 2.24. The normalized spacial score (nSPS) is 10.1. The molecule has 0 aromatic heterocycles. The Morgan fingerprint density at radius 1 is 0.889 bits per heavy atom. The molecular weight excluding hydrogens is 348 g/mol. The number of carbonyl (C=O) groups is 1. The van der Waals surface area contributed by atoms with Gasteiger partial charge in [-0.25, -0.2) is 0 Å². The van der Waals surface area contributed by atoms with E-state index in [-0.39, 0.29) is 18.2 Å². The number of hydrogen-bond acceptors (Lipinski definition) is 5. The summed E-state index contributed by atoms with van der Waals surface area (Å²) in [6.07, 6.45) is 0. The van der Waals surface area contributed by atoms with E-state index in [1.54, 1.807) is 24.3 Å². The zero-order valence-corrected chi connectivity index (χ0v) is 14.2. The van der Waals surface area contributed by atoms with Crippen molar-refractivity contribution in [2.45, 2.75) is 0 Å². The van der Waals surface area contributed by atoms with Gasteiger partial charge in [0.05, 0.1) is 4.92 Å². The van der Waals surface area contributed by atoms with Crippen molar-refractivity contribution in [3.05, 3.63) is 89.0 Å². The Labute approximate surface area is 155 Å². The zero-order valence-electron chi connectivity index (χ0n) is 14.2. The summed E-state index contributed by atoms with van der Waals surface area (Å²) in [7, 11) is 0. The molecule has 0 spiro atoms. The standard InChI is InChI=1S/C20H16N2O5/c23-20(14-26-17-11-9-16(10-12-17)22(24)25)21-15-5-4-8-19(13-15)27-18-6-2-1-3-7-18/h1-13H,14H2,(H,21,23). The van der Waals surface area contributed by atoms with Gasteiger partial charge in [-0.3, -0.25) is 14.9 Å². The van der Waals surface area contributed by atoms with Crippen LogP contribution in [0.25, 0.3) is 0 Å². The smallest absolute Gasteiger partial charge is 0.269 e. The molecule has 3 aromatic rings. The summed E-state index contributed by atoms with van der Waals surface area (Å²) in [6.45, 7) is -0.221. The SMILES string of the molecule is O=C(COc1ccc([N+](=O)[O-])cc1)Nc1cccc(Oc2ccccc2)c1. The van der Waals surface area contributed by atoms with Crippen LogP contribution in [0, 0.1) is 10.1 Å². The van der Waals surface area contributed by atoms with Crippen LogP contribution >= 0.6 is 0 Å². The van der Waals surface area contributed by atoms with Gasteiger partial charge in [-0.2, -0.15) is 0 Å². The van der Waals surface area contributed by atoms with Gasteiger partial charge in [0, 0.05) is 23.9 Å². The molecule has 0 radical (unpaired) electrons. The first-order chi connectivity index (χ1) is 13.1. The monoisotopic (exact) mass is 364 g/mol. The second kappa shape index (κ2) is 8.48. The minimum absolute atomic E-state index is 0.0398. The number of anilines is 1. The second-order valence-electron chi connectivity index (χ2n) is 5.53. The van der Waals surface area contributed by atoms with Crippen LogP contribution < -0.4 is 14.8 Å². The summed E-state index contributed by atoms with van der Waals surface area (Å²) in [5.74, 6) is 1.31. The molecule has 0 aliphatic rings. The number of carbonyl (C=O) groups excluding carboxylic acids is 1. The van der Waals surface area contributed by atoms with Gasteiger partial charge < -0.3 is 14.8 Å². The number of nitrogens with zero attached hydrogens (tertiary/aromatic N) is 1. The number of hydrogen-bond donors (Lipinski definition) is 1. The van der Waals surface area contributed by atoms with Gasteiger partial charge in [-0.15, -0.1) is 0 Å². The van der Waals surface area contributed by atoms with Crippen LogP contribution in [0.1, 0.15) is 0 Å². The van der Waals surface area contributed by atoms with Crippen molar-refractivity contribution in [3.63, 3.8) is 0 Å². The fourth-order valence-corrected chi connectivity index (χ4v) is 2.27. The number of non-ortho nitro benzene ring substituents is 1. The first-order valence-electron chi connectivity index (χ1n) is 8.10. The third kappa shape index (κ3) is 5.30. The molecule has 0 bridgehead atoms.